The highest BCUT2D eigenvalue weighted by Gasteiger charge is 2.26. The minimum atomic E-state index is 0.0681. The molecule has 3 aromatic carbocycles. The predicted octanol–water partition coefficient (Wildman–Crippen LogP) is 4.91. The molecule has 29 heavy (non-hydrogen) atoms. The summed E-state index contributed by atoms with van der Waals surface area (Å²) in [5, 5.41) is 3.64. The lowest BCUT2D eigenvalue weighted by molar-refractivity contribution is 0.303. The third-order valence-electron chi connectivity index (χ3n) is 5.25. The largest absolute Gasteiger partial charge is 0.493 e. The van der Waals surface area contributed by atoms with Gasteiger partial charge in [0.2, 0.25) is 0 Å². The van der Waals surface area contributed by atoms with Gasteiger partial charge in [-0.25, -0.2) is 0 Å². The molecule has 0 saturated heterocycles. The molecule has 0 spiro atoms. The van der Waals surface area contributed by atoms with E-state index in [1.165, 1.54) is 16.7 Å². The van der Waals surface area contributed by atoms with E-state index in [1.54, 1.807) is 7.11 Å². The van der Waals surface area contributed by atoms with Gasteiger partial charge in [0.1, 0.15) is 12.4 Å². The van der Waals surface area contributed by atoms with Crippen LogP contribution < -0.4 is 19.5 Å². The Balaban J connectivity index is 1.61. The minimum Gasteiger partial charge on any atom is -0.493 e. The Morgan fingerprint density at radius 1 is 0.931 bits per heavy atom. The number of para-hydroxylation sites is 1. The van der Waals surface area contributed by atoms with Crippen LogP contribution in [-0.4, -0.2) is 20.3 Å². The van der Waals surface area contributed by atoms with E-state index in [0.717, 1.165) is 35.8 Å². The van der Waals surface area contributed by atoms with Crippen LogP contribution in [0.4, 0.5) is 0 Å². The first kappa shape index (κ1) is 19.3. The van der Waals surface area contributed by atoms with Crippen molar-refractivity contribution >= 4 is 0 Å². The molecule has 0 fully saturated rings. The van der Waals surface area contributed by atoms with E-state index in [1.807, 2.05) is 37.3 Å². The lowest BCUT2D eigenvalue weighted by Crippen LogP contribution is -2.31. The quantitative estimate of drug-likeness (QED) is 0.623. The summed E-state index contributed by atoms with van der Waals surface area (Å²) in [6, 6.07) is 22.8. The van der Waals surface area contributed by atoms with Gasteiger partial charge in [-0.2, -0.15) is 0 Å². The molecule has 0 amide bonds. The van der Waals surface area contributed by atoms with Crippen LogP contribution in [-0.2, 0) is 13.0 Å². The molecule has 4 heteroatoms. The Hall–Kier alpha value is -2.98. The van der Waals surface area contributed by atoms with Gasteiger partial charge in [-0.1, -0.05) is 48.5 Å². The molecule has 0 aromatic heterocycles. The molecule has 0 radical (unpaired) electrons. The van der Waals surface area contributed by atoms with Crippen LogP contribution in [0.25, 0.3) is 0 Å². The first-order valence-corrected chi connectivity index (χ1v) is 10.1. The normalized spacial score (nSPS) is 15.4. The molecule has 1 atom stereocenters. The van der Waals surface area contributed by atoms with Gasteiger partial charge in [-0.3, -0.25) is 0 Å². The maximum absolute atomic E-state index is 6.03. The molecule has 1 aliphatic heterocycles. The van der Waals surface area contributed by atoms with Crippen LogP contribution in [0.2, 0.25) is 0 Å². The van der Waals surface area contributed by atoms with E-state index in [4.69, 9.17) is 14.2 Å². The zero-order valence-corrected chi connectivity index (χ0v) is 17.0. The Labute approximate surface area is 172 Å². The zero-order chi connectivity index (χ0) is 20.1. The van der Waals surface area contributed by atoms with Crippen molar-refractivity contribution in [2.45, 2.75) is 26.0 Å². The monoisotopic (exact) mass is 389 g/mol. The van der Waals surface area contributed by atoms with Crippen LogP contribution in [0.1, 0.15) is 35.2 Å². The summed E-state index contributed by atoms with van der Waals surface area (Å²) in [6.07, 6.45) is 0.975. The average Bonchev–Trinajstić information content (AvgIpc) is 2.78. The van der Waals surface area contributed by atoms with E-state index < -0.39 is 0 Å². The maximum Gasteiger partial charge on any atom is 0.166 e. The lowest BCUT2D eigenvalue weighted by Gasteiger charge is -2.29. The van der Waals surface area contributed by atoms with Crippen molar-refractivity contribution in [1.29, 1.82) is 0 Å². The maximum atomic E-state index is 6.03. The van der Waals surface area contributed by atoms with Crippen molar-refractivity contribution in [3.63, 3.8) is 0 Å². The van der Waals surface area contributed by atoms with Gasteiger partial charge in [0.15, 0.2) is 11.5 Å². The van der Waals surface area contributed by atoms with Crippen molar-refractivity contribution < 1.29 is 14.2 Å². The Kier molecular flexibility index (Phi) is 6.01. The molecule has 4 nitrogen and oxygen atoms in total. The van der Waals surface area contributed by atoms with Crippen LogP contribution >= 0.6 is 0 Å². The van der Waals surface area contributed by atoms with Gasteiger partial charge in [0.25, 0.3) is 0 Å². The van der Waals surface area contributed by atoms with Crippen LogP contribution in [0.3, 0.4) is 0 Å². The highest BCUT2D eigenvalue weighted by molar-refractivity contribution is 5.53. The van der Waals surface area contributed by atoms with Crippen LogP contribution in [0.15, 0.2) is 66.7 Å². The second-order valence-electron chi connectivity index (χ2n) is 7.08. The average molecular weight is 389 g/mol. The van der Waals surface area contributed by atoms with Crippen molar-refractivity contribution in [3.05, 3.63) is 89.0 Å². The van der Waals surface area contributed by atoms with Crippen molar-refractivity contribution in [1.82, 2.24) is 5.32 Å². The number of hydrogen-bond donors (Lipinski definition) is 1. The second-order valence-corrected chi connectivity index (χ2v) is 7.08. The third-order valence-corrected chi connectivity index (χ3v) is 5.25. The van der Waals surface area contributed by atoms with Crippen molar-refractivity contribution in [3.8, 4) is 17.2 Å². The van der Waals surface area contributed by atoms with Gasteiger partial charge in [0, 0.05) is 12.1 Å². The van der Waals surface area contributed by atoms with E-state index in [-0.39, 0.29) is 6.04 Å². The number of ether oxygens (including phenoxy) is 3. The summed E-state index contributed by atoms with van der Waals surface area (Å²) in [4.78, 5) is 0. The van der Waals surface area contributed by atoms with E-state index in [2.05, 4.69) is 41.7 Å². The third kappa shape index (κ3) is 4.22. The van der Waals surface area contributed by atoms with Crippen LogP contribution in [0, 0.1) is 0 Å². The molecule has 3 aromatic rings. The fourth-order valence-electron chi connectivity index (χ4n) is 3.87. The molecule has 1 heterocycles. The standard InChI is InChI=1S/C25H27NO3/c1-3-28-25-22(10-7-11-23(25)27-2)24-21-13-12-20(16-19(21)14-15-26-24)29-17-18-8-5-4-6-9-18/h4-13,16,24,26H,3,14-15,17H2,1-2H3. The van der Waals surface area contributed by atoms with Crippen molar-refractivity contribution in [2.24, 2.45) is 0 Å². The molecular weight excluding hydrogens is 362 g/mol. The first-order valence-electron chi connectivity index (χ1n) is 10.1. The topological polar surface area (TPSA) is 39.7 Å². The molecule has 1 aliphatic rings. The summed E-state index contributed by atoms with van der Waals surface area (Å²) in [5.74, 6) is 2.48. The SMILES string of the molecule is CCOc1c(OC)cccc1C1NCCc2cc(OCc3ccccc3)ccc21. The molecule has 4 rings (SSSR count). The van der Waals surface area contributed by atoms with E-state index >= 15 is 0 Å². The Morgan fingerprint density at radius 2 is 1.79 bits per heavy atom. The van der Waals surface area contributed by atoms with E-state index in [0.29, 0.717) is 13.2 Å². The van der Waals surface area contributed by atoms with Gasteiger partial charge in [0.05, 0.1) is 19.8 Å². The Morgan fingerprint density at radius 3 is 2.59 bits per heavy atom. The summed E-state index contributed by atoms with van der Waals surface area (Å²) in [5.41, 5.74) is 4.84. The number of nitrogens with one attached hydrogen (secondary N) is 1. The molecule has 1 unspecified atom stereocenters. The summed E-state index contributed by atoms with van der Waals surface area (Å²) in [6.45, 7) is 4.07. The van der Waals surface area contributed by atoms with Crippen molar-refractivity contribution in [2.75, 3.05) is 20.3 Å². The zero-order valence-electron chi connectivity index (χ0n) is 17.0. The summed E-state index contributed by atoms with van der Waals surface area (Å²) >= 11 is 0. The van der Waals surface area contributed by atoms with Gasteiger partial charge < -0.3 is 19.5 Å². The first-order chi connectivity index (χ1) is 14.3. The number of benzene rings is 3. The Bertz CT molecular complexity index is 956. The fourth-order valence-corrected chi connectivity index (χ4v) is 3.87. The highest BCUT2D eigenvalue weighted by Crippen LogP contribution is 2.40. The van der Waals surface area contributed by atoms with Gasteiger partial charge in [-0.15, -0.1) is 0 Å². The van der Waals surface area contributed by atoms with Crippen LogP contribution in [0.5, 0.6) is 17.2 Å². The number of rotatable bonds is 7. The molecule has 1 N–H and O–H groups in total. The minimum absolute atomic E-state index is 0.0681. The lowest BCUT2D eigenvalue weighted by atomic mass is 9.89. The number of methoxy groups -OCH3 is 1. The molecule has 0 bridgehead atoms. The molecular formula is C25H27NO3. The predicted molar refractivity (Wildman–Crippen MR) is 115 cm³/mol. The molecule has 0 saturated carbocycles. The van der Waals surface area contributed by atoms with E-state index in [9.17, 15) is 0 Å². The molecule has 0 aliphatic carbocycles. The highest BCUT2D eigenvalue weighted by atomic mass is 16.5. The second kappa shape index (κ2) is 9.01. The summed E-state index contributed by atoms with van der Waals surface area (Å²) in [7, 11) is 1.68. The number of fused-ring (bicyclic) bond motifs is 1. The van der Waals surface area contributed by atoms with Gasteiger partial charge >= 0.3 is 0 Å². The molecule has 150 valence electrons. The number of hydrogen-bond acceptors (Lipinski definition) is 4. The summed E-state index contributed by atoms with van der Waals surface area (Å²) < 4.78 is 17.5. The smallest absolute Gasteiger partial charge is 0.166 e. The fraction of sp³-hybridized carbons (Fsp3) is 0.280. The van der Waals surface area contributed by atoms with Gasteiger partial charge in [-0.05, 0) is 48.2 Å².